The van der Waals surface area contributed by atoms with Crippen LogP contribution in [0.25, 0.3) is 0 Å². The highest BCUT2D eigenvalue weighted by molar-refractivity contribution is 5.86. The zero-order valence-electron chi connectivity index (χ0n) is 12.2. The van der Waals surface area contributed by atoms with Gasteiger partial charge in [-0.3, -0.25) is 4.79 Å². The number of carboxylic acid groups (broad SMARTS) is 1. The third-order valence-corrected chi connectivity index (χ3v) is 4.38. The van der Waals surface area contributed by atoms with Crippen LogP contribution in [0.4, 0.5) is 0 Å². The Labute approximate surface area is 120 Å². The average Bonchev–Trinajstić information content (AvgIpc) is 2.97. The Morgan fingerprint density at radius 1 is 1.20 bits per heavy atom. The fraction of sp³-hybridized carbons (Fsp3) is 0.867. The van der Waals surface area contributed by atoms with Crippen molar-refractivity contribution in [2.24, 2.45) is 0 Å². The summed E-state index contributed by atoms with van der Waals surface area (Å²) in [4.78, 5) is 25.4. The van der Waals surface area contributed by atoms with E-state index >= 15 is 0 Å². The maximum atomic E-state index is 12.6. The molecule has 0 radical (unpaired) electrons. The number of carbonyl (C=O) groups is 2. The van der Waals surface area contributed by atoms with E-state index in [9.17, 15) is 14.7 Å². The summed E-state index contributed by atoms with van der Waals surface area (Å²) in [6.45, 7) is 2.47. The Kier molecular flexibility index (Phi) is 5.40. The Bertz CT molecular complexity index is 352. The van der Waals surface area contributed by atoms with E-state index < -0.39 is 18.1 Å². The third-order valence-electron chi connectivity index (χ3n) is 4.38. The summed E-state index contributed by atoms with van der Waals surface area (Å²) in [5, 5.41) is 9.26. The highest BCUT2D eigenvalue weighted by Gasteiger charge is 2.36. The van der Waals surface area contributed by atoms with Gasteiger partial charge in [0, 0.05) is 6.54 Å². The molecule has 2 unspecified atom stereocenters. The lowest BCUT2D eigenvalue weighted by atomic mass is 10.0. The minimum atomic E-state index is -0.895. The van der Waals surface area contributed by atoms with Crippen LogP contribution in [0.2, 0.25) is 0 Å². The minimum absolute atomic E-state index is 0.133. The van der Waals surface area contributed by atoms with Gasteiger partial charge in [0.15, 0.2) is 0 Å². The van der Waals surface area contributed by atoms with Crippen molar-refractivity contribution in [3.8, 4) is 0 Å². The van der Waals surface area contributed by atoms with Gasteiger partial charge < -0.3 is 14.7 Å². The van der Waals surface area contributed by atoms with Gasteiger partial charge in [-0.15, -0.1) is 0 Å². The van der Waals surface area contributed by atoms with Crippen LogP contribution in [-0.2, 0) is 14.3 Å². The van der Waals surface area contributed by atoms with Crippen LogP contribution in [0.3, 0.4) is 0 Å². The number of hydrogen-bond acceptors (Lipinski definition) is 3. The molecular formula is C15H25NO4. The van der Waals surface area contributed by atoms with Gasteiger partial charge in [0.25, 0.3) is 5.91 Å². The lowest BCUT2D eigenvalue weighted by Gasteiger charge is -2.35. The predicted octanol–water partition coefficient (Wildman–Crippen LogP) is 2.19. The van der Waals surface area contributed by atoms with Gasteiger partial charge >= 0.3 is 5.97 Å². The number of hydrogen-bond donors (Lipinski definition) is 1. The molecule has 2 aliphatic rings. The number of likely N-dealkylation sites (tertiary alicyclic amines) is 1. The van der Waals surface area contributed by atoms with Crippen molar-refractivity contribution in [3.05, 3.63) is 0 Å². The summed E-state index contributed by atoms with van der Waals surface area (Å²) < 4.78 is 5.92. The molecule has 114 valence electrons. The number of rotatable bonds is 5. The van der Waals surface area contributed by atoms with Crippen LogP contribution in [0, 0.1) is 0 Å². The first kappa shape index (κ1) is 15.3. The molecule has 5 nitrogen and oxygen atoms in total. The van der Waals surface area contributed by atoms with Crippen molar-refractivity contribution in [1.82, 2.24) is 4.90 Å². The molecule has 0 aromatic rings. The number of carbonyl (C=O) groups excluding carboxylic acids is 1. The number of carboxylic acids is 1. The van der Waals surface area contributed by atoms with Crippen LogP contribution in [0.5, 0.6) is 0 Å². The Hall–Kier alpha value is -1.10. The monoisotopic (exact) mass is 283 g/mol. The standard InChI is InChI=1S/C15H25NO4/c1-2-13(20-11-7-3-4-8-11)14(17)16-10-6-5-9-12(16)15(18)19/h11-13H,2-10H2,1H3,(H,18,19). The molecule has 5 heteroatoms. The first-order valence-corrected chi connectivity index (χ1v) is 7.82. The first-order valence-electron chi connectivity index (χ1n) is 7.82. The quantitative estimate of drug-likeness (QED) is 0.840. The van der Waals surface area contributed by atoms with E-state index in [0.717, 1.165) is 38.5 Å². The Morgan fingerprint density at radius 3 is 2.45 bits per heavy atom. The summed E-state index contributed by atoms with van der Waals surface area (Å²) >= 11 is 0. The van der Waals surface area contributed by atoms with E-state index in [1.165, 1.54) is 4.90 Å². The number of aliphatic carboxylic acids is 1. The molecule has 1 saturated carbocycles. The molecule has 2 rings (SSSR count). The molecule has 1 heterocycles. The molecule has 1 N–H and O–H groups in total. The molecule has 0 bridgehead atoms. The first-order chi connectivity index (χ1) is 9.63. The lowest BCUT2D eigenvalue weighted by molar-refractivity contribution is -0.160. The van der Waals surface area contributed by atoms with Crippen LogP contribution in [0.15, 0.2) is 0 Å². The van der Waals surface area contributed by atoms with Crippen LogP contribution in [-0.4, -0.2) is 46.7 Å². The second-order valence-corrected chi connectivity index (χ2v) is 5.82. The highest BCUT2D eigenvalue weighted by atomic mass is 16.5. The number of ether oxygens (including phenoxy) is 1. The maximum Gasteiger partial charge on any atom is 0.326 e. The highest BCUT2D eigenvalue weighted by Crippen LogP contribution is 2.25. The number of nitrogens with zero attached hydrogens (tertiary/aromatic N) is 1. The SMILES string of the molecule is CCC(OC1CCCC1)C(=O)N1CCCCC1C(=O)O. The lowest BCUT2D eigenvalue weighted by Crippen LogP contribution is -2.52. The largest absolute Gasteiger partial charge is 0.480 e. The van der Waals surface area contributed by atoms with Gasteiger partial charge in [-0.05, 0) is 38.5 Å². The molecular weight excluding hydrogens is 258 g/mol. The molecule has 1 aliphatic heterocycles. The summed E-state index contributed by atoms with van der Waals surface area (Å²) in [5.41, 5.74) is 0. The molecule has 1 aliphatic carbocycles. The van der Waals surface area contributed by atoms with E-state index in [4.69, 9.17) is 4.74 Å². The maximum absolute atomic E-state index is 12.6. The van der Waals surface area contributed by atoms with E-state index in [1.807, 2.05) is 6.92 Å². The summed E-state index contributed by atoms with van der Waals surface area (Å²) in [6.07, 6.45) is 7.00. The third kappa shape index (κ3) is 3.51. The van der Waals surface area contributed by atoms with Crippen molar-refractivity contribution < 1.29 is 19.4 Å². The van der Waals surface area contributed by atoms with Crippen molar-refractivity contribution in [1.29, 1.82) is 0 Å². The molecule has 1 saturated heterocycles. The van der Waals surface area contributed by atoms with Crippen molar-refractivity contribution in [2.75, 3.05) is 6.54 Å². The fourth-order valence-corrected chi connectivity index (χ4v) is 3.22. The van der Waals surface area contributed by atoms with Crippen LogP contribution >= 0.6 is 0 Å². The van der Waals surface area contributed by atoms with Gasteiger partial charge in [0.2, 0.25) is 0 Å². The molecule has 0 aromatic carbocycles. The Balaban J connectivity index is 1.99. The van der Waals surface area contributed by atoms with Crippen molar-refractivity contribution in [2.45, 2.75) is 76.5 Å². The number of piperidine rings is 1. The van der Waals surface area contributed by atoms with E-state index in [0.29, 0.717) is 19.4 Å². The predicted molar refractivity (Wildman–Crippen MR) is 74.4 cm³/mol. The van der Waals surface area contributed by atoms with Crippen molar-refractivity contribution >= 4 is 11.9 Å². The minimum Gasteiger partial charge on any atom is -0.480 e. The molecule has 0 spiro atoms. The van der Waals surface area contributed by atoms with E-state index in [2.05, 4.69) is 0 Å². The zero-order chi connectivity index (χ0) is 14.5. The summed E-state index contributed by atoms with van der Waals surface area (Å²) in [5.74, 6) is -1.03. The summed E-state index contributed by atoms with van der Waals surface area (Å²) in [7, 11) is 0. The van der Waals surface area contributed by atoms with Crippen molar-refractivity contribution in [3.63, 3.8) is 0 Å². The molecule has 20 heavy (non-hydrogen) atoms. The molecule has 2 fully saturated rings. The van der Waals surface area contributed by atoms with Gasteiger partial charge in [-0.1, -0.05) is 19.8 Å². The topological polar surface area (TPSA) is 66.8 Å². The normalized spacial score (nSPS) is 25.6. The van der Waals surface area contributed by atoms with Crippen LogP contribution < -0.4 is 0 Å². The summed E-state index contributed by atoms with van der Waals surface area (Å²) in [6, 6.07) is -0.669. The number of amides is 1. The Morgan fingerprint density at radius 2 is 1.85 bits per heavy atom. The molecule has 0 aromatic heterocycles. The van der Waals surface area contributed by atoms with E-state index in [1.54, 1.807) is 0 Å². The molecule has 1 amide bonds. The smallest absolute Gasteiger partial charge is 0.326 e. The molecule has 2 atom stereocenters. The van der Waals surface area contributed by atoms with Gasteiger partial charge in [-0.2, -0.15) is 0 Å². The van der Waals surface area contributed by atoms with Gasteiger partial charge in [0.05, 0.1) is 6.10 Å². The van der Waals surface area contributed by atoms with E-state index in [-0.39, 0.29) is 12.0 Å². The average molecular weight is 283 g/mol. The van der Waals surface area contributed by atoms with Crippen LogP contribution in [0.1, 0.15) is 58.3 Å². The van der Waals surface area contributed by atoms with Gasteiger partial charge in [0.1, 0.15) is 12.1 Å². The second kappa shape index (κ2) is 7.07. The zero-order valence-corrected chi connectivity index (χ0v) is 12.2. The van der Waals surface area contributed by atoms with Gasteiger partial charge in [-0.25, -0.2) is 4.79 Å². The second-order valence-electron chi connectivity index (χ2n) is 5.82. The fourth-order valence-electron chi connectivity index (χ4n) is 3.22.